The van der Waals surface area contributed by atoms with Gasteiger partial charge in [-0.05, 0) is 61.6 Å². The molecule has 4 rings (SSSR count). The number of halogens is 2. The van der Waals surface area contributed by atoms with E-state index in [-0.39, 0.29) is 31.0 Å². The Bertz CT molecular complexity index is 1080. The predicted molar refractivity (Wildman–Crippen MR) is 115 cm³/mol. The van der Waals surface area contributed by atoms with E-state index in [4.69, 9.17) is 4.74 Å². The monoisotopic (exact) mass is 464 g/mol. The number of carbonyl (C=O) groups excluding carboxylic acids is 1. The molecule has 2 aromatic rings. The van der Waals surface area contributed by atoms with Gasteiger partial charge in [0, 0.05) is 25.6 Å². The maximum absolute atomic E-state index is 14.0. The summed E-state index contributed by atoms with van der Waals surface area (Å²) in [7, 11) is -2.56. The Labute approximate surface area is 186 Å². The van der Waals surface area contributed by atoms with Gasteiger partial charge in [-0.25, -0.2) is 17.2 Å². The van der Waals surface area contributed by atoms with Gasteiger partial charge in [0.2, 0.25) is 15.9 Å². The first-order valence-electron chi connectivity index (χ1n) is 10.7. The Hall–Kier alpha value is -2.52. The van der Waals surface area contributed by atoms with Gasteiger partial charge in [0.15, 0.2) is 0 Å². The molecule has 0 spiro atoms. The van der Waals surface area contributed by atoms with Gasteiger partial charge < -0.3 is 9.64 Å². The molecule has 0 aromatic heterocycles. The third-order valence-electron chi connectivity index (χ3n) is 6.35. The number of benzene rings is 2. The molecule has 1 atom stereocenters. The normalized spacial score (nSPS) is 20.5. The minimum atomic E-state index is -4.16. The van der Waals surface area contributed by atoms with Crippen LogP contribution in [-0.4, -0.2) is 50.3 Å². The van der Waals surface area contributed by atoms with Crippen molar-refractivity contribution in [1.29, 1.82) is 0 Å². The highest BCUT2D eigenvalue weighted by molar-refractivity contribution is 7.89. The van der Waals surface area contributed by atoms with Crippen LogP contribution in [0.5, 0.6) is 5.75 Å². The number of likely N-dealkylation sites (tertiary alicyclic amines) is 1. The molecule has 0 saturated carbocycles. The van der Waals surface area contributed by atoms with Crippen molar-refractivity contribution in [3.63, 3.8) is 0 Å². The highest BCUT2D eigenvalue weighted by Crippen LogP contribution is 2.36. The van der Waals surface area contributed by atoms with Crippen molar-refractivity contribution in [3.8, 4) is 5.75 Å². The zero-order valence-corrected chi connectivity index (χ0v) is 18.7. The molecular weight excluding hydrogens is 438 g/mol. The van der Waals surface area contributed by atoms with Gasteiger partial charge in [0.05, 0.1) is 13.2 Å². The van der Waals surface area contributed by atoms with E-state index < -0.39 is 26.6 Å². The molecule has 32 heavy (non-hydrogen) atoms. The first-order chi connectivity index (χ1) is 15.3. The zero-order valence-electron chi connectivity index (χ0n) is 17.8. The molecule has 0 bridgehead atoms. The lowest BCUT2D eigenvalue weighted by Crippen LogP contribution is -2.44. The number of hydrogen-bond donors (Lipinski definition) is 0. The summed E-state index contributed by atoms with van der Waals surface area (Å²) in [5, 5.41) is 0. The number of hydrogen-bond acceptors (Lipinski definition) is 4. The minimum absolute atomic E-state index is 0.00319. The van der Waals surface area contributed by atoms with E-state index in [9.17, 15) is 22.0 Å². The van der Waals surface area contributed by atoms with Crippen LogP contribution in [0.15, 0.2) is 47.4 Å². The number of carbonyl (C=O) groups is 1. The molecule has 1 amide bonds. The number of amides is 1. The summed E-state index contributed by atoms with van der Waals surface area (Å²) in [6, 6.07) is 10.1. The van der Waals surface area contributed by atoms with Crippen LogP contribution in [0.3, 0.4) is 0 Å². The quantitative estimate of drug-likeness (QED) is 0.676. The largest absolute Gasteiger partial charge is 0.497 e. The molecular formula is C23H26F2N2O4S. The van der Waals surface area contributed by atoms with Crippen molar-refractivity contribution in [1.82, 2.24) is 9.21 Å². The topological polar surface area (TPSA) is 66.9 Å². The number of nitrogens with zero attached hydrogens (tertiary/aromatic N) is 2. The summed E-state index contributed by atoms with van der Waals surface area (Å²) in [5.41, 5.74) is 1.05. The molecule has 1 unspecified atom stereocenters. The fraction of sp³-hybridized carbons (Fsp3) is 0.435. The van der Waals surface area contributed by atoms with Crippen LogP contribution < -0.4 is 4.74 Å². The fourth-order valence-electron chi connectivity index (χ4n) is 4.59. The van der Waals surface area contributed by atoms with Crippen LogP contribution in [0, 0.1) is 17.6 Å². The lowest BCUT2D eigenvalue weighted by Gasteiger charge is -2.34. The van der Waals surface area contributed by atoms with E-state index in [0.717, 1.165) is 40.6 Å². The van der Waals surface area contributed by atoms with Gasteiger partial charge in [-0.3, -0.25) is 4.79 Å². The first-order valence-corrected chi connectivity index (χ1v) is 12.1. The van der Waals surface area contributed by atoms with Crippen molar-refractivity contribution in [2.75, 3.05) is 26.7 Å². The van der Waals surface area contributed by atoms with Crippen molar-refractivity contribution < 1.29 is 26.7 Å². The Balaban J connectivity index is 1.43. The van der Waals surface area contributed by atoms with Gasteiger partial charge in [0.1, 0.15) is 22.3 Å². The number of rotatable bonds is 5. The Morgan fingerprint density at radius 1 is 1.00 bits per heavy atom. The summed E-state index contributed by atoms with van der Waals surface area (Å²) in [6.45, 7) is 0.855. The molecule has 6 nitrogen and oxygen atoms in total. The zero-order chi connectivity index (χ0) is 22.9. The highest BCUT2D eigenvalue weighted by Gasteiger charge is 2.38. The summed E-state index contributed by atoms with van der Waals surface area (Å²) in [5.74, 6) is -1.31. The fourth-order valence-corrected chi connectivity index (χ4v) is 6.14. The van der Waals surface area contributed by atoms with E-state index in [2.05, 4.69) is 0 Å². The maximum Gasteiger partial charge on any atom is 0.246 e. The summed E-state index contributed by atoms with van der Waals surface area (Å²) in [6.07, 6.45) is 2.49. The van der Waals surface area contributed by atoms with Crippen LogP contribution in [-0.2, 0) is 14.8 Å². The number of methoxy groups -OCH3 is 1. The second-order valence-corrected chi connectivity index (χ2v) is 10.1. The van der Waals surface area contributed by atoms with Crippen LogP contribution in [0.1, 0.15) is 37.3 Å². The molecule has 0 radical (unpaired) electrons. The van der Waals surface area contributed by atoms with Gasteiger partial charge in [-0.1, -0.05) is 12.1 Å². The second kappa shape index (κ2) is 9.15. The van der Waals surface area contributed by atoms with Crippen LogP contribution in [0.4, 0.5) is 8.78 Å². The number of ether oxygens (including phenoxy) is 1. The lowest BCUT2D eigenvalue weighted by atomic mass is 9.95. The second-order valence-electron chi connectivity index (χ2n) is 8.22. The molecule has 9 heteroatoms. The molecule has 2 fully saturated rings. The Kier molecular flexibility index (Phi) is 6.48. The third-order valence-corrected chi connectivity index (χ3v) is 8.26. The molecule has 0 aliphatic carbocycles. The van der Waals surface area contributed by atoms with E-state index in [1.54, 1.807) is 7.11 Å². The van der Waals surface area contributed by atoms with Gasteiger partial charge in [-0.15, -0.1) is 0 Å². The van der Waals surface area contributed by atoms with Crippen LogP contribution >= 0.6 is 0 Å². The van der Waals surface area contributed by atoms with Gasteiger partial charge >= 0.3 is 0 Å². The average Bonchev–Trinajstić information content (AvgIpc) is 3.30. The average molecular weight is 465 g/mol. The summed E-state index contributed by atoms with van der Waals surface area (Å²) >= 11 is 0. The number of sulfonamides is 1. The van der Waals surface area contributed by atoms with Crippen LogP contribution in [0.25, 0.3) is 0 Å². The molecule has 2 aromatic carbocycles. The minimum Gasteiger partial charge on any atom is -0.497 e. The predicted octanol–water partition coefficient (Wildman–Crippen LogP) is 3.74. The van der Waals surface area contributed by atoms with E-state index in [0.29, 0.717) is 25.5 Å². The smallest absolute Gasteiger partial charge is 0.246 e. The molecule has 0 N–H and O–H groups in total. The van der Waals surface area contributed by atoms with E-state index in [1.165, 1.54) is 0 Å². The SMILES string of the molecule is COc1ccc(C2CCCN2C(=O)C2CCN(S(=O)(=O)c3cc(F)ccc3F)CC2)cc1. The summed E-state index contributed by atoms with van der Waals surface area (Å²) < 4.78 is 59.5. The van der Waals surface area contributed by atoms with Crippen molar-refractivity contribution in [2.45, 2.75) is 36.6 Å². The molecule has 2 saturated heterocycles. The molecule has 172 valence electrons. The maximum atomic E-state index is 14.0. The van der Waals surface area contributed by atoms with Crippen molar-refractivity contribution in [3.05, 3.63) is 59.7 Å². The standard InChI is InChI=1S/C23H26F2N2O4S/c1-31-19-7-4-16(5-8-19)21-3-2-12-27(21)23(28)17-10-13-26(14-11-17)32(29,30)22-15-18(24)6-9-20(22)25/h4-9,15,17,21H,2-3,10-14H2,1H3. The van der Waals surface area contributed by atoms with E-state index in [1.807, 2.05) is 29.2 Å². The Morgan fingerprint density at radius 2 is 1.69 bits per heavy atom. The Morgan fingerprint density at radius 3 is 2.34 bits per heavy atom. The number of piperidine rings is 1. The first kappa shape index (κ1) is 22.7. The van der Waals surface area contributed by atoms with E-state index >= 15 is 0 Å². The van der Waals surface area contributed by atoms with Gasteiger partial charge in [0.25, 0.3) is 0 Å². The summed E-state index contributed by atoms with van der Waals surface area (Å²) in [4.78, 5) is 14.5. The highest BCUT2D eigenvalue weighted by atomic mass is 32.2. The molecule has 2 aliphatic rings. The molecule has 2 aliphatic heterocycles. The molecule has 2 heterocycles. The van der Waals surface area contributed by atoms with Crippen molar-refractivity contribution >= 4 is 15.9 Å². The van der Waals surface area contributed by atoms with Gasteiger partial charge in [-0.2, -0.15) is 4.31 Å². The van der Waals surface area contributed by atoms with Crippen molar-refractivity contribution in [2.24, 2.45) is 5.92 Å². The van der Waals surface area contributed by atoms with Crippen LogP contribution in [0.2, 0.25) is 0 Å². The third kappa shape index (κ3) is 4.36. The lowest BCUT2D eigenvalue weighted by molar-refractivity contribution is -0.137.